The highest BCUT2D eigenvalue weighted by atomic mass is 32.1. The fourth-order valence-electron chi connectivity index (χ4n) is 4.26. The van der Waals surface area contributed by atoms with Gasteiger partial charge in [0.1, 0.15) is 11.6 Å². The van der Waals surface area contributed by atoms with Crippen molar-refractivity contribution in [2.75, 3.05) is 47.0 Å². The van der Waals surface area contributed by atoms with Crippen molar-refractivity contribution in [2.24, 2.45) is 0 Å². The Labute approximate surface area is 202 Å². The van der Waals surface area contributed by atoms with Crippen molar-refractivity contribution in [1.29, 1.82) is 0 Å². The third kappa shape index (κ3) is 4.53. The molecule has 1 fully saturated rings. The standard InChI is InChI=1S/C25H27N3O5S/c1-30-21-9-5-6-18(23(21)31-2)24-26-17(16-34-24)14-27-10-12-28(13-11-27)25(29)22-15-32-19-7-3-4-8-20(19)33-22/h3-9,16,22H,10-15H2,1-2H3/t22-/m1/s1. The van der Waals surface area contributed by atoms with Crippen molar-refractivity contribution in [2.45, 2.75) is 12.6 Å². The van der Waals surface area contributed by atoms with Crippen molar-refractivity contribution >= 4 is 17.2 Å². The lowest BCUT2D eigenvalue weighted by Gasteiger charge is -2.36. The van der Waals surface area contributed by atoms with Crippen LogP contribution in [0.4, 0.5) is 0 Å². The van der Waals surface area contributed by atoms with E-state index in [1.165, 1.54) is 0 Å². The van der Waals surface area contributed by atoms with Gasteiger partial charge in [0.2, 0.25) is 6.10 Å². The lowest BCUT2D eigenvalue weighted by molar-refractivity contribution is -0.143. The molecule has 0 bridgehead atoms. The van der Waals surface area contributed by atoms with Crippen molar-refractivity contribution in [3.8, 4) is 33.6 Å². The number of carbonyl (C=O) groups is 1. The van der Waals surface area contributed by atoms with E-state index in [0.717, 1.165) is 35.9 Å². The number of hydrogen-bond acceptors (Lipinski definition) is 8. The van der Waals surface area contributed by atoms with Crippen LogP contribution in [-0.4, -0.2) is 73.8 Å². The van der Waals surface area contributed by atoms with Gasteiger partial charge >= 0.3 is 0 Å². The van der Waals surface area contributed by atoms with Gasteiger partial charge in [-0.15, -0.1) is 11.3 Å². The van der Waals surface area contributed by atoms with Gasteiger partial charge in [-0.1, -0.05) is 18.2 Å². The average Bonchev–Trinajstić information content (AvgIpc) is 3.36. The van der Waals surface area contributed by atoms with Crippen LogP contribution in [0.15, 0.2) is 47.8 Å². The Bertz CT molecular complexity index is 1160. The summed E-state index contributed by atoms with van der Waals surface area (Å²) in [6.07, 6.45) is -0.597. The van der Waals surface area contributed by atoms with E-state index in [-0.39, 0.29) is 12.5 Å². The summed E-state index contributed by atoms with van der Waals surface area (Å²) >= 11 is 1.59. The number of aromatic nitrogens is 1. The number of fused-ring (bicyclic) bond motifs is 1. The second-order valence-corrected chi connectivity index (χ2v) is 9.01. The first-order valence-electron chi connectivity index (χ1n) is 11.2. The third-order valence-electron chi connectivity index (χ3n) is 6.04. The fourth-order valence-corrected chi connectivity index (χ4v) is 5.09. The second-order valence-electron chi connectivity index (χ2n) is 8.15. The van der Waals surface area contributed by atoms with Gasteiger partial charge in [-0.3, -0.25) is 9.69 Å². The summed E-state index contributed by atoms with van der Waals surface area (Å²) in [4.78, 5) is 22.0. The number of benzene rings is 2. The topological polar surface area (TPSA) is 73.4 Å². The van der Waals surface area contributed by atoms with Crippen LogP contribution in [0.2, 0.25) is 0 Å². The first-order chi connectivity index (χ1) is 16.7. The van der Waals surface area contributed by atoms with Crippen LogP contribution >= 0.6 is 11.3 Å². The largest absolute Gasteiger partial charge is 0.493 e. The van der Waals surface area contributed by atoms with Gasteiger partial charge in [0.15, 0.2) is 23.0 Å². The van der Waals surface area contributed by atoms with E-state index in [4.69, 9.17) is 23.9 Å². The Morgan fingerprint density at radius 2 is 1.85 bits per heavy atom. The van der Waals surface area contributed by atoms with E-state index in [2.05, 4.69) is 10.3 Å². The fraction of sp³-hybridized carbons (Fsp3) is 0.360. The molecule has 1 saturated heterocycles. The van der Waals surface area contributed by atoms with E-state index in [1.807, 2.05) is 47.4 Å². The van der Waals surface area contributed by atoms with Crippen molar-refractivity contribution < 1.29 is 23.7 Å². The molecule has 9 heteroatoms. The molecule has 1 atom stereocenters. The Balaban J connectivity index is 1.17. The zero-order valence-electron chi connectivity index (χ0n) is 19.2. The molecule has 2 aromatic carbocycles. The molecular formula is C25H27N3O5S. The van der Waals surface area contributed by atoms with Gasteiger partial charge in [-0.05, 0) is 24.3 Å². The minimum atomic E-state index is -0.597. The van der Waals surface area contributed by atoms with Crippen LogP contribution in [0.3, 0.4) is 0 Å². The molecule has 3 heterocycles. The Kier molecular flexibility index (Phi) is 6.55. The minimum Gasteiger partial charge on any atom is -0.493 e. The molecule has 0 saturated carbocycles. The number of rotatable bonds is 6. The molecule has 8 nitrogen and oxygen atoms in total. The zero-order chi connectivity index (χ0) is 23.5. The maximum atomic E-state index is 13.0. The molecular weight excluding hydrogens is 454 g/mol. The molecule has 34 heavy (non-hydrogen) atoms. The second kappa shape index (κ2) is 9.90. The molecule has 1 amide bonds. The highest BCUT2D eigenvalue weighted by Gasteiger charge is 2.32. The number of piperazine rings is 1. The number of nitrogens with zero attached hydrogens (tertiary/aromatic N) is 3. The summed E-state index contributed by atoms with van der Waals surface area (Å²) in [5.41, 5.74) is 1.93. The van der Waals surface area contributed by atoms with Crippen LogP contribution in [0.5, 0.6) is 23.0 Å². The molecule has 0 N–H and O–H groups in total. The molecule has 5 rings (SSSR count). The Morgan fingerprint density at radius 3 is 2.62 bits per heavy atom. The van der Waals surface area contributed by atoms with Crippen LogP contribution in [0, 0.1) is 0 Å². The first kappa shape index (κ1) is 22.5. The highest BCUT2D eigenvalue weighted by Crippen LogP contribution is 2.39. The molecule has 2 aliphatic rings. The summed E-state index contributed by atoms with van der Waals surface area (Å²) in [6, 6.07) is 13.3. The molecule has 0 spiro atoms. The zero-order valence-corrected chi connectivity index (χ0v) is 20.0. The van der Waals surface area contributed by atoms with E-state index < -0.39 is 6.10 Å². The number of para-hydroxylation sites is 3. The van der Waals surface area contributed by atoms with Gasteiger partial charge < -0.3 is 23.8 Å². The van der Waals surface area contributed by atoms with Gasteiger partial charge in [0.05, 0.1) is 25.5 Å². The SMILES string of the molecule is COc1cccc(-c2nc(CN3CCN(C(=O)[C@H]4COc5ccccc5O4)CC3)cs2)c1OC. The van der Waals surface area contributed by atoms with Crippen molar-refractivity contribution in [3.05, 3.63) is 53.5 Å². The Morgan fingerprint density at radius 1 is 1.06 bits per heavy atom. The number of carbonyl (C=O) groups excluding carboxylic acids is 1. The van der Waals surface area contributed by atoms with Crippen LogP contribution in [-0.2, 0) is 11.3 Å². The molecule has 3 aromatic rings. The first-order valence-corrected chi connectivity index (χ1v) is 12.1. The number of hydrogen-bond donors (Lipinski definition) is 0. The van der Waals surface area contributed by atoms with Crippen LogP contribution < -0.4 is 18.9 Å². The van der Waals surface area contributed by atoms with Crippen LogP contribution in [0.25, 0.3) is 10.6 Å². The third-order valence-corrected chi connectivity index (χ3v) is 6.96. The van der Waals surface area contributed by atoms with Crippen molar-refractivity contribution in [3.63, 3.8) is 0 Å². The average molecular weight is 482 g/mol. The Hall–Kier alpha value is -3.30. The van der Waals surface area contributed by atoms with Gasteiger partial charge in [-0.25, -0.2) is 4.98 Å². The van der Waals surface area contributed by atoms with E-state index in [9.17, 15) is 4.79 Å². The lowest BCUT2D eigenvalue weighted by Crippen LogP contribution is -2.53. The number of amides is 1. The van der Waals surface area contributed by atoms with Gasteiger partial charge in [0.25, 0.3) is 5.91 Å². The predicted octanol–water partition coefficient (Wildman–Crippen LogP) is 3.31. The molecule has 0 unspecified atom stereocenters. The maximum Gasteiger partial charge on any atom is 0.267 e. The predicted molar refractivity (Wildman–Crippen MR) is 129 cm³/mol. The van der Waals surface area contributed by atoms with E-state index >= 15 is 0 Å². The molecule has 2 aliphatic heterocycles. The molecule has 0 aliphatic carbocycles. The van der Waals surface area contributed by atoms with E-state index in [0.29, 0.717) is 36.1 Å². The molecule has 0 radical (unpaired) electrons. The molecule has 178 valence electrons. The summed E-state index contributed by atoms with van der Waals surface area (Å²) < 4.78 is 22.6. The van der Waals surface area contributed by atoms with E-state index in [1.54, 1.807) is 25.6 Å². The van der Waals surface area contributed by atoms with Gasteiger partial charge in [0, 0.05) is 38.1 Å². The smallest absolute Gasteiger partial charge is 0.267 e. The minimum absolute atomic E-state index is 0.0183. The van der Waals surface area contributed by atoms with Crippen LogP contribution in [0.1, 0.15) is 5.69 Å². The monoisotopic (exact) mass is 481 g/mol. The molecule has 1 aromatic heterocycles. The number of thiazole rings is 1. The quantitative estimate of drug-likeness (QED) is 0.535. The summed E-state index contributed by atoms with van der Waals surface area (Å²) in [7, 11) is 3.27. The van der Waals surface area contributed by atoms with Gasteiger partial charge in [-0.2, -0.15) is 0 Å². The maximum absolute atomic E-state index is 13.0. The number of ether oxygens (including phenoxy) is 4. The number of methoxy groups -OCH3 is 2. The highest BCUT2D eigenvalue weighted by molar-refractivity contribution is 7.13. The van der Waals surface area contributed by atoms with Crippen molar-refractivity contribution in [1.82, 2.24) is 14.8 Å². The normalized spacial score (nSPS) is 17.9. The summed E-state index contributed by atoms with van der Waals surface area (Å²) in [5, 5.41) is 2.98. The lowest BCUT2D eigenvalue weighted by atomic mass is 10.2. The summed E-state index contributed by atoms with van der Waals surface area (Å²) in [6.45, 7) is 3.85. The summed E-state index contributed by atoms with van der Waals surface area (Å²) in [5.74, 6) is 2.67.